The summed E-state index contributed by atoms with van der Waals surface area (Å²) in [4.78, 5) is 32.9. The van der Waals surface area contributed by atoms with Crippen LogP contribution in [0.15, 0.2) is 12.2 Å². The van der Waals surface area contributed by atoms with Crippen molar-refractivity contribution < 1.29 is 44.7 Å². The Kier molecular flexibility index (Phi) is 11.0. The number of carbonyl (C=O) groups excluding carboxylic acids is 1. The predicted molar refractivity (Wildman–Crippen MR) is 75.7 cm³/mol. The van der Waals surface area contributed by atoms with Crippen molar-refractivity contribution in [3.8, 4) is 0 Å². The van der Waals surface area contributed by atoms with Crippen molar-refractivity contribution in [2.75, 3.05) is 26.4 Å². The number of ether oxygens (including phenoxy) is 1. The van der Waals surface area contributed by atoms with E-state index in [1.807, 2.05) is 0 Å². The van der Waals surface area contributed by atoms with Crippen LogP contribution in [0.1, 0.15) is 6.42 Å². The quantitative estimate of drug-likeness (QED) is 0.124. The van der Waals surface area contributed by atoms with Gasteiger partial charge in [-0.1, -0.05) is 6.58 Å². The molecular formula is C12H20MgO9. The van der Waals surface area contributed by atoms with E-state index in [-0.39, 0.29) is 28.6 Å². The molecule has 0 aromatic carbocycles. The van der Waals surface area contributed by atoms with Crippen molar-refractivity contribution in [1.29, 1.82) is 0 Å². The Balaban J connectivity index is 0. The zero-order valence-electron chi connectivity index (χ0n) is 11.2. The Hall–Kier alpha value is -1.20. The zero-order chi connectivity index (χ0) is 16.6. The molecule has 0 fully saturated rings. The molecule has 0 radical (unpaired) electrons. The molecule has 0 aliphatic heterocycles. The van der Waals surface area contributed by atoms with E-state index < -0.39 is 62.1 Å². The van der Waals surface area contributed by atoms with Gasteiger partial charge in [0.15, 0.2) is 5.92 Å². The van der Waals surface area contributed by atoms with Crippen molar-refractivity contribution in [2.45, 2.75) is 6.42 Å². The van der Waals surface area contributed by atoms with E-state index in [9.17, 15) is 14.4 Å². The second-order valence-electron chi connectivity index (χ2n) is 4.59. The summed E-state index contributed by atoms with van der Waals surface area (Å²) in [5, 5.41) is 44.4. The van der Waals surface area contributed by atoms with Gasteiger partial charge >= 0.3 is 41.0 Å². The molecular weight excluding hydrogens is 312 g/mol. The lowest BCUT2D eigenvalue weighted by atomic mass is 9.92. The summed E-state index contributed by atoms with van der Waals surface area (Å²) in [6.07, 6.45) is -0.645. The molecule has 0 aromatic rings. The number of carboxylic acid groups (broad SMARTS) is 2. The van der Waals surface area contributed by atoms with Gasteiger partial charge in [-0.15, -0.1) is 0 Å². The van der Waals surface area contributed by atoms with Crippen molar-refractivity contribution >= 4 is 41.0 Å². The average molecular weight is 333 g/mol. The molecule has 124 valence electrons. The molecule has 0 saturated carbocycles. The highest BCUT2D eigenvalue weighted by Gasteiger charge is 2.32. The van der Waals surface area contributed by atoms with Crippen LogP contribution in [-0.4, -0.2) is 92.9 Å². The van der Waals surface area contributed by atoms with Crippen LogP contribution >= 0.6 is 0 Å². The van der Waals surface area contributed by atoms with Gasteiger partial charge in [-0.05, 0) is 0 Å². The third-order valence-electron chi connectivity index (χ3n) is 2.85. The van der Waals surface area contributed by atoms with Crippen LogP contribution in [0.5, 0.6) is 0 Å². The fraction of sp³-hybridized carbons (Fsp3) is 0.583. The standard InChI is InChI=1S/C12H18O9.Mg.2H/c1-7(2-8(9(16)17)10(18)19)11(20)21-6-12(3-13,4-14)5-15;;;/h8,13-15H,1-6H2,(H,16,17)(H,18,19);;;. The number of carboxylic acids is 2. The number of carbonyl (C=O) groups is 3. The molecule has 0 rings (SSSR count). The summed E-state index contributed by atoms with van der Waals surface area (Å²) in [7, 11) is 0. The van der Waals surface area contributed by atoms with Gasteiger partial charge in [0, 0.05) is 12.0 Å². The monoisotopic (exact) mass is 332 g/mol. The minimum atomic E-state index is -1.83. The van der Waals surface area contributed by atoms with Crippen molar-refractivity contribution in [1.82, 2.24) is 0 Å². The first-order valence-electron chi connectivity index (χ1n) is 5.86. The van der Waals surface area contributed by atoms with E-state index in [0.29, 0.717) is 0 Å². The lowest BCUT2D eigenvalue weighted by Crippen LogP contribution is -2.39. The highest BCUT2D eigenvalue weighted by molar-refractivity contribution is 5.96. The number of aliphatic hydroxyl groups is 3. The van der Waals surface area contributed by atoms with Crippen LogP contribution in [0.3, 0.4) is 0 Å². The van der Waals surface area contributed by atoms with Crippen LogP contribution in [0.4, 0.5) is 0 Å². The van der Waals surface area contributed by atoms with Crippen molar-refractivity contribution in [3.63, 3.8) is 0 Å². The van der Waals surface area contributed by atoms with Gasteiger partial charge in [0.25, 0.3) is 0 Å². The second-order valence-corrected chi connectivity index (χ2v) is 4.59. The Morgan fingerprint density at radius 1 is 1.00 bits per heavy atom. The third-order valence-corrected chi connectivity index (χ3v) is 2.85. The summed E-state index contributed by atoms with van der Waals surface area (Å²) in [5.41, 5.74) is -1.82. The topological polar surface area (TPSA) is 162 Å². The third kappa shape index (κ3) is 6.71. The maximum absolute atomic E-state index is 11.6. The van der Waals surface area contributed by atoms with Gasteiger partial charge in [0.05, 0.1) is 25.2 Å². The maximum atomic E-state index is 11.6. The molecule has 0 unspecified atom stereocenters. The maximum Gasteiger partial charge on any atom is 0.333 e. The minimum Gasteiger partial charge on any atom is -0.481 e. The number of hydrogen-bond donors (Lipinski definition) is 5. The minimum absolute atomic E-state index is 0. The molecule has 0 aromatic heterocycles. The molecule has 0 atom stereocenters. The molecule has 0 aliphatic rings. The molecule has 0 heterocycles. The molecule has 0 saturated heterocycles. The Labute approximate surface area is 142 Å². The number of hydrogen-bond acceptors (Lipinski definition) is 7. The Bertz CT molecular complexity index is 395. The Morgan fingerprint density at radius 2 is 1.41 bits per heavy atom. The Morgan fingerprint density at radius 3 is 1.73 bits per heavy atom. The first kappa shape index (κ1) is 23.1. The van der Waals surface area contributed by atoms with E-state index >= 15 is 0 Å². The molecule has 5 N–H and O–H groups in total. The summed E-state index contributed by atoms with van der Waals surface area (Å²) in [5.74, 6) is -6.13. The highest BCUT2D eigenvalue weighted by Crippen LogP contribution is 2.18. The van der Waals surface area contributed by atoms with Gasteiger partial charge in [-0.25, -0.2) is 4.79 Å². The molecule has 0 amide bonds. The van der Waals surface area contributed by atoms with E-state index in [1.54, 1.807) is 0 Å². The van der Waals surface area contributed by atoms with Crippen molar-refractivity contribution in [3.05, 3.63) is 12.2 Å². The zero-order valence-corrected chi connectivity index (χ0v) is 11.2. The summed E-state index contributed by atoms with van der Waals surface area (Å²) in [6.45, 7) is 0.781. The molecule has 0 aliphatic carbocycles. The van der Waals surface area contributed by atoms with Crippen molar-refractivity contribution in [2.24, 2.45) is 11.3 Å². The lowest BCUT2D eigenvalue weighted by Gasteiger charge is -2.26. The van der Waals surface area contributed by atoms with Gasteiger partial charge in [0.2, 0.25) is 0 Å². The summed E-state index contributed by atoms with van der Waals surface area (Å²) < 4.78 is 4.70. The van der Waals surface area contributed by atoms with Crippen LogP contribution < -0.4 is 0 Å². The fourth-order valence-corrected chi connectivity index (χ4v) is 1.22. The molecule has 0 bridgehead atoms. The molecule has 9 nitrogen and oxygen atoms in total. The normalized spacial score (nSPS) is 10.7. The van der Waals surface area contributed by atoms with E-state index in [1.165, 1.54) is 0 Å². The number of aliphatic carboxylic acids is 2. The van der Waals surface area contributed by atoms with Gasteiger partial charge in [-0.2, -0.15) is 0 Å². The van der Waals surface area contributed by atoms with Crippen LogP contribution in [0.2, 0.25) is 0 Å². The van der Waals surface area contributed by atoms with Gasteiger partial charge in [0.1, 0.15) is 6.61 Å². The second kappa shape index (κ2) is 10.5. The lowest BCUT2D eigenvalue weighted by molar-refractivity contribution is -0.154. The van der Waals surface area contributed by atoms with E-state index in [0.717, 1.165) is 0 Å². The fourth-order valence-electron chi connectivity index (χ4n) is 1.22. The average Bonchev–Trinajstić information content (AvgIpc) is 2.45. The highest BCUT2D eigenvalue weighted by atomic mass is 24.3. The first-order chi connectivity index (χ1) is 9.72. The number of aliphatic hydroxyl groups excluding tert-OH is 3. The van der Waals surface area contributed by atoms with E-state index in [4.69, 9.17) is 30.3 Å². The molecule has 10 heteroatoms. The summed E-state index contributed by atoms with van der Waals surface area (Å²) >= 11 is 0. The predicted octanol–water partition coefficient (Wildman–Crippen LogP) is -2.69. The molecule has 22 heavy (non-hydrogen) atoms. The van der Waals surface area contributed by atoms with Gasteiger partial charge in [-0.3, -0.25) is 9.59 Å². The number of rotatable bonds is 10. The van der Waals surface area contributed by atoms with Crippen LogP contribution in [0.25, 0.3) is 0 Å². The van der Waals surface area contributed by atoms with E-state index in [2.05, 4.69) is 6.58 Å². The molecule has 0 spiro atoms. The van der Waals surface area contributed by atoms with Gasteiger partial charge < -0.3 is 30.3 Å². The SMILES string of the molecule is C=C(CC(C(=O)O)C(=O)O)C(=O)OCC(CO)(CO)CO.[MgH2]. The summed E-state index contributed by atoms with van der Waals surface area (Å²) in [6, 6.07) is 0. The number of esters is 1. The van der Waals surface area contributed by atoms with Crippen LogP contribution in [0, 0.1) is 11.3 Å². The first-order valence-corrected chi connectivity index (χ1v) is 5.86. The van der Waals surface area contributed by atoms with Crippen LogP contribution in [-0.2, 0) is 19.1 Å². The smallest absolute Gasteiger partial charge is 0.333 e. The largest absolute Gasteiger partial charge is 0.481 e.